The van der Waals surface area contributed by atoms with Crippen LogP contribution < -0.4 is 10.6 Å². The third-order valence-electron chi connectivity index (χ3n) is 2.71. The lowest BCUT2D eigenvalue weighted by Crippen LogP contribution is -2.34. The smallest absolute Gasteiger partial charge is 0.248 e. The van der Waals surface area contributed by atoms with Crippen LogP contribution in [0.25, 0.3) is 0 Å². The van der Waals surface area contributed by atoms with E-state index in [1.165, 1.54) is 0 Å². The van der Waals surface area contributed by atoms with Crippen molar-refractivity contribution in [2.75, 3.05) is 11.4 Å². The zero-order chi connectivity index (χ0) is 11.9. The van der Waals surface area contributed by atoms with Gasteiger partial charge in [0.25, 0.3) is 0 Å². The minimum atomic E-state index is -0.609. The lowest BCUT2D eigenvalue weighted by Gasteiger charge is -2.19. The summed E-state index contributed by atoms with van der Waals surface area (Å²) in [5, 5.41) is 0.574. The van der Waals surface area contributed by atoms with E-state index in [0.29, 0.717) is 17.5 Å². The van der Waals surface area contributed by atoms with Gasteiger partial charge in [0.05, 0.1) is 5.69 Å². The fourth-order valence-electron chi connectivity index (χ4n) is 2.03. The highest BCUT2D eigenvalue weighted by molar-refractivity contribution is 6.32. The molecule has 2 rings (SSSR count). The predicted octanol–water partition coefficient (Wildman–Crippen LogP) is 2.34. The number of benzene rings is 1. The van der Waals surface area contributed by atoms with E-state index in [9.17, 15) is 4.79 Å². The number of nitrogens with two attached hydrogens (primary N) is 1. The Bertz CT molecular complexity index is 431. The van der Waals surface area contributed by atoms with Crippen LogP contribution in [0.15, 0.2) is 18.2 Å². The first-order valence-electron chi connectivity index (χ1n) is 5.37. The summed E-state index contributed by atoms with van der Waals surface area (Å²) in [6.45, 7) is 4.82. The van der Waals surface area contributed by atoms with Crippen LogP contribution in [0.4, 0.5) is 5.69 Å². The van der Waals surface area contributed by atoms with Gasteiger partial charge in [-0.1, -0.05) is 31.5 Å². The van der Waals surface area contributed by atoms with Crippen molar-refractivity contribution in [2.45, 2.75) is 19.9 Å². The summed E-state index contributed by atoms with van der Waals surface area (Å²) in [5.41, 5.74) is 7.50. The van der Waals surface area contributed by atoms with Gasteiger partial charge in [0, 0.05) is 17.1 Å². The molecule has 1 atom stereocenters. The zero-order valence-corrected chi connectivity index (χ0v) is 10.2. The number of nitrogens with zero attached hydrogens (tertiary/aromatic N) is 1. The molecule has 0 bridgehead atoms. The second-order valence-electron chi connectivity index (χ2n) is 4.49. The van der Waals surface area contributed by atoms with E-state index in [4.69, 9.17) is 17.3 Å². The molecule has 0 spiro atoms. The summed E-state index contributed by atoms with van der Waals surface area (Å²) in [6.07, 6.45) is 0. The molecule has 0 radical (unpaired) electrons. The van der Waals surface area contributed by atoms with Gasteiger partial charge in [-0.25, -0.2) is 0 Å². The van der Waals surface area contributed by atoms with Crippen molar-refractivity contribution < 1.29 is 4.79 Å². The van der Waals surface area contributed by atoms with Crippen LogP contribution in [0.5, 0.6) is 0 Å². The van der Waals surface area contributed by atoms with Gasteiger partial charge in [-0.2, -0.15) is 0 Å². The molecule has 1 heterocycles. The fraction of sp³-hybridized carbons (Fsp3) is 0.417. The average Bonchev–Trinajstić information content (AvgIpc) is 2.44. The maximum absolute atomic E-state index is 12.0. The highest BCUT2D eigenvalue weighted by Gasteiger charge is 2.36. The first-order valence-corrected chi connectivity index (χ1v) is 5.75. The molecule has 1 unspecified atom stereocenters. The number of hydrogen-bond acceptors (Lipinski definition) is 2. The summed E-state index contributed by atoms with van der Waals surface area (Å²) in [7, 11) is 0. The summed E-state index contributed by atoms with van der Waals surface area (Å²) in [4.78, 5) is 13.7. The van der Waals surface area contributed by atoms with Crippen molar-refractivity contribution in [1.29, 1.82) is 0 Å². The maximum atomic E-state index is 12.0. The van der Waals surface area contributed by atoms with Crippen molar-refractivity contribution in [1.82, 2.24) is 0 Å². The van der Waals surface area contributed by atoms with Gasteiger partial charge >= 0.3 is 0 Å². The highest BCUT2D eigenvalue weighted by Crippen LogP contribution is 2.39. The minimum absolute atomic E-state index is 0.0585. The van der Waals surface area contributed by atoms with Gasteiger partial charge in [0.1, 0.15) is 6.04 Å². The number of rotatable bonds is 2. The molecular formula is C12H15ClN2O. The summed E-state index contributed by atoms with van der Waals surface area (Å²) < 4.78 is 0. The number of carbonyl (C=O) groups is 1. The molecule has 16 heavy (non-hydrogen) atoms. The number of fused-ring (bicyclic) bond motifs is 1. The Labute approximate surface area is 100 Å². The molecule has 0 saturated carbocycles. The van der Waals surface area contributed by atoms with Gasteiger partial charge in [0.15, 0.2) is 0 Å². The van der Waals surface area contributed by atoms with Crippen LogP contribution in [0, 0.1) is 5.92 Å². The molecule has 1 aromatic rings. The van der Waals surface area contributed by atoms with Gasteiger partial charge in [-0.3, -0.25) is 4.79 Å². The van der Waals surface area contributed by atoms with Crippen LogP contribution in [0.3, 0.4) is 0 Å². The number of anilines is 1. The van der Waals surface area contributed by atoms with E-state index in [1.807, 2.05) is 12.1 Å². The molecule has 1 aromatic carbocycles. The van der Waals surface area contributed by atoms with Crippen LogP contribution in [-0.4, -0.2) is 12.5 Å². The Morgan fingerprint density at radius 2 is 2.19 bits per heavy atom. The molecule has 1 aliphatic rings. The Kier molecular flexibility index (Phi) is 2.91. The van der Waals surface area contributed by atoms with Crippen molar-refractivity contribution in [3.8, 4) is 0 Å². The summed E-state index contributed by atoms with van der Waals surface area (Å²) in [6, 6.07) is 4.91. The van der Waals surface area contributed by atoms with E-state index in [0.717, 1.165) is 11.3 Å². The number of halogens is 1. The Balaban J connectivity index is 2.46. The molecule has 0 fully saturated rings. The molecule has 0 aliphatic carbocycles. The van der Waals surface area contributed by atoms with Gasteiger partial charge in [0.2, 0.25) is 5.91 Å². The quantitative estimate of drug-likeness (QED) is 0.860. The molecule has 2 N–H and O–H groups in total. The third kappa shape index (κ3) is 1.70. The second kappa shape index (κ2) is 4.07. The summed E-state index contributed by atoms with van der Waals surface area (Å²) in [5.74, 6) is 0.345. The van der Waals surface area contributed by atoms with E-state index in [1.54, 1.807) is 11.0 Å². The SMILES string of the molecule is CC(C)CN1C(=O)C(N)c2c(Cl)cccc21. The van der Waals surface area contributed by atoms with Crippen molar-refractivity contribution in [2.24, 2.45) is 11.7 Å². The first-order chi connectivity index (χ1) is 7.52. The lowest BCUT2D eigenvalue weighted by molar-refractivity contribution is -0.119. The van der Waals surface area contributed by atoms with Gasteiger partial charge in [-0.15, -0.1) is 0 Å². The highest BCUT2D eigenvalue weighted by atomic mass is 35.5. The molecule has 0 saturated heterocycles. The van der Waals surface area contributed by atoms with E-state index >= 15 is 0 Å². The lowest BCUT2D eigenvalue weighted by atomic mass is 10.1. The molecule has 4 heteroatoms. The van der Waals surface area contributed by atoms with E-state index < -0.39 is 6.04 Å². The van der Waals surface area contributed by atoms with Crippen LogP contribution >= 0.6 is 11.6 Å². The van der Waals surface area contributed by atoms with Crippen molar-refractivity contribution in [3.05, 3.63) is 28.8 Å². The standard InChI is InChI=1S/C12H15ClN2O/c1-7(2)6-15-9-5-3-4-8(13)10(9)11(14)12(15)16/h3-5,7,11H,6,14H2,1-2H3. The molecule has 1 aliphatic heterocycles. The van der Waals surface area contributed by atoms with Gasteiger partial charge < -0.3 is 10.6 Å². The van der Waals surface area contributed by atoms with Crippen molar-refractivity contribution >= 4 is 23.2 Å². The third-order valence-corrected chi connectivity index (χ3v) is 3.04. The largest absolute Gasteiger partial charge is 0.316 e. The fourth-order valence-corrected chi connectivity index (χ4v) is 2.32. The molecule has 86 valence electrons. The average molecular weight is 239 g/mol. The molecule has 3 nitrogen and oxygen atoms in total. The van der Waals surface area contributed by atoms with Crippen LogP contribution in [0.2, 0.25) is 5.02 Å². The second-order valence-corrected chi connectivity index (χ2v) is 4.90. The monoisotopic (exact) mass is 238 g/mol. The Morgan fingerprint density at radius 1 is 1.50 bits per heavy atom. The van der Waals surface area contributed by atoms with Crippen LogP contribution in [0.1, 0.15) is 25.5 Å². The van der Waals surface area contributed by atoms with E-state index in [2.05, 4.69) is 13.8 Å². The molecule has 1 amide bonds. The topological polar surface area (TPSA) is 46.3 Å². The minimum Gasteiger partial charge on any atom is -0.316 e. The first kappa shape index (κ1) is 11.4. The Morgan fingerprint density at radius 3 is 2.81 bits per heavy atom. The van der Waals surface area contributed by atoms with E-state index in [-0.39, 0.29) is 5.91 Å². The maximum Gasteiger partial charge on any atom is 0.248 e. The number of amides is 1. The number of carbonyl (C=O) groups excluding carboxylic acids is 1. The molecular weight excluding hydrogens is 224 g/mol. The normalized spacial score (nSPS) is 19.4. The number of hydrogen-bond donors (Lipinski definition) is 1. The van der Waals surface area contributed by atoms with Crippen LogP contribution in [-0.2, 0) is 4.79 Å². The molecule has 0 aromatic heterocycles. The Hall–Kier alpha value is -1.06. The zero-order valence-electron chi connectivity index (χ0n) is 9.40. The van der Waals surface area contributed by atoms with Crippen molar-refractivity contribution in [3.63, 3.8) is 0 Å². The predicted molar refractivity (Wildman–Crippen MR) is 65.6 cm³/mol. The van der Waals surface area contributed by atoms with Gasteiger partial charge in [-0.05, 0) is 18.1 Å². The summed E-state index contributed by atoms with van der Waals surface area (Å²) >= 11 is 6.07.